The third-order valence-corrected chi connectivity index (χ3v) is 2.85. The summed E-state index contributed by atoms with van der Waals surface area (Å²) in [7, 11) is 1.18. The average Bonchev–Trinajstić information content (AvgIpc) is 2.33. The van der Waals surface area contributed by atoms with Gasteiger partial charge in [-0.1, -0.05) is 0 Å². The molecule has 0 radical (unpaired) electrons. The molecule has 0 aliphatic carbocycles. The zero-order chi connectivity index (χ0) is 14.1. The van der Waals surface area contributed by atoms with Gasteiger partial charge in [-0.2, -0.15) is 0 Å². The molecule has 0 heterocycles. The molecule has 6 heteroatoms. The Kier molecular flexibility index (Phi) is 4.01. The molecule has 1 aromatic carbocycles. The molecule has 0 saturated carbocycles. The number of benzene rings is 1. The van der Waals surface area contributed by atoms with Crippen LogP contribution in [0.5, 0.6) is 0 Å². The minimum Gasteiger partial charge on any atom is -0.469 e. The van der Waals surface area contributed by atoms with E-state index in [1.54, 1.807) is 0 Å². The number of hydrogen-bond acceptors (Lipinski definition) is 3. The van der Waals surface area contributed by atoms with E-state index in [2.05, 4.69) is 4.74 Å². The molecule has 0 saturated heterocycles. The van der Waals surface area contributed by atoms with Crippen LogP contribution in [-0.2, 0) is 9.53 Å². The fourth-order valence-electron chi connectivity index (χ4n) is 1.56. The van der Waals surface area contributed by atoms with Crippen LogP contribution in [-0.4, -0.2) is 13.1 Å². The van der Waals surface area contributed by atoms with Gasteiger partial charge < -0.3 is 10.5 Å². The monoisotopic (exact) mass is 261 g/mol. The zero-order valence-electron chi connectivity index (χ0n) is 10.3. The van der Waals surface area contributed by atoms with Gasteiger partial charge in [0.2, 0.25) is 0 Å². The standard InChI is InChI=1S/C12H14F3NO2/c1-12(2,11(17)18-3)10(16)6-4-7(13)9(15)8(14)5-6/h4-5,10H,16H2,1-3H3/t10-/m0/s1. The molecule has 1 atom stereocenters. The van der Waals surface area contributed by atoms with Crippen molar-refractivity contribution in [3.63, 3.8) is 0 Å². The normalized spacial score (nSPS) is 13.3. The summed E-state index contributed by atoms with van der Waals surface area (Å²) in [6.45, 7) is 2.95. The Morgan fingerprint density at radius 3 is 2.11 bits per heavy atom. The van der Waals surface area contributed by atoms with Crippen LogP contribution >= 0.6 is 0 Å². The summed E-state index contributed by atoms with van der Waals surface area (Å²) in [4.78, 5) is 11.5. The largest absolute Gasteiger partial charge is 0.469 e. The summed E-state index contributed by atoms with van der Waals surface area (Å²) in [5, 5.41) is 0. The summed E-state index contributed by atoms with van der Waals surface area (Å²) < 4.78 is 43.5. The highest BCUT2D eigenvalue weighted by molar-refractivity contribution is 5.77. The van der Waals surface area contributed by atoms with Crippen molar-refractivity contribution in [3.8, 4) is 0 Å². The summed E-state index contributed by atoms with van der Waals surface area (Å²) in [5.74, 6) is -4.89. The Morgan fingerprint density at radius 2 is 1.72 bits per heavy atom. The molecule has 0 spiro atoms. The first kappa shape index (κ1) is 14.5. The van der Waals surface area contributed by atoms with Gasteiger partial charge in [-0.25, -0.2) is 13.2 Å². The van der Waals surface area contributed by atoms with Gasteiger partial charge in [0.25, 0.3) is 0 Å². The van der Waals surface area contributed by atoms with E-state index in [1.807, 2.05) is 0 Å². The van der Waals surface area contributed by atoms with Crippen LogP contribution < -0.4 is 5.73 Å². The predicted octanol–water partition coefficient (Wildman–Crippen LogP) is 2.30. The van der Waals surface area contributed by atoms with Crippen molar-refractivity contribution in [2.24, 2.45) is 11.1 Å². The maximum Gasteiger partial charge on any atom is 0.313 e. The molecule has 0 amide bonds. The lowest BCUT2D eigenvalue weighted by molar-refractivity contribution is -0.152. The van der Waals surface area contributed by atoms with Gasteiger partial charge in [0.15, 0.2) is 17.5 Å². The Morgan fingerprint density at radius 1 is 1.28 bits per heavy atom. The second kappa shape index (κ2) is 4.97. The fourth-order valence-corrected chi connectivity index (χ4v) is 1.56. The molecule has 2 N–H and O–H groups in total. The predicted molar refractivity (Wildman–Crippen MR) is 59.0 cm³/mol. The van der Waals surface area contributed by atoms with E-state index in [4.69, 9.17) is 5.73 Å². The molecule has 0 unspecified atom stereocenters. The van der Waals surface area contributed by atoms with Gasteiger partial charge in [-0.05, 0) is 31.5 Å². The number of nitrogens with two attached hydrogens (primary N) is 1. The van der Waals surface area contributed by atoms with Crippen molar-refractivity contribution in [2.75, 3.05) is 7.11 Å². The Labute approximate surface area is 103 Å². The summed E-state index contributed by atoms with van der Waals surface area (Å²) in [5.41, 5.74) is 4.58. The van der Waals surface area contributed by atoms with Gasteiger partial charge in [-0.15, -0.1) is 0 Å². The van der Waals surface area contributed by atoms with Gasteiger partial charge >= 0.3 is 5.97 Å². The minimum absolute atomic E-state index is 0.0122. The summed E-state index contributed by atoms with van der Waals surface area (Å²) in [6.07, 6.45) is 0. The molecular weight excluding hydrogens is 247 g/mol. The van der Waals surface area contributed by atoms with E-state index in [0.29, 0.717) is 0 Å². The SMILES string of the molecule is COC(=O)C(C)(C)[C@@H](N)c1cc(F)c(F)c(F)c1. The third-order valence-electron chi connectivity index (χ3n) is 2.85. The molecule has 0 fully saturated rings. The highest BCUT2D eigenvalue weighted by Crippen LogP contribution is 2.33. The van der Waals surface area contributed by atoms with Crippen molar-refractivity contribution in [2.45, 2.75) is 19.9 Å². The molecule has 0 aromatic heterocycles. The van der Waals surface area contributed by atoms with E-state index < -0.39 is 34.9 Å². The summed E-state index contributed by atoms with van der Waals surface area (Å²) in [6, 6.07) is 0.524. The van der Waals surface area contributed by atoms with Crippen LogP contribution in [0, 0.1) is 22.9 Å². The third kappa shape index (κ3) is 2.48. The molecule has 1 rings (SSSR count). The van der Waals surface area contributed by atoms with Crippen molar-refractivity contribution in [1.29, 1.82) is 0 Å². The van der Waals surface area contributed by atoms with Gasteiger partial charge in [0.05, 0.1) is 12.5 Å². The molecule has 18 heavy (non-hydrogen) atoms. The number of esters is 1. The van der Waals surface area contributed by atoms with Crippen molar-refractivity contribution in [3.05, 3.63) is 35.1 Å². The molecule has 100 valence electrons. The minimum atomic E-state index is -1.57. The maximum absolute atomic E-state index is 13.1. The highest BCUT2D eigenvalue weighted by Gasteiger charge is 2.37. The number of halogens is 3. The van der Waals surface area contributed by atoms with Crippen LogP contribution in [0.4, 0.5) is 13.2 Å². The second-order valence-electron chi connectivity index (χ2n) is 4.49. The molecule has 3 nitrogen and oxygen atoms in total. The van der Waals surface area contributed by atoms with Crippen LogP contribution in [0.15, 0.2) is 12.1 Å². The molecule has 1 aromatic rings. The number of rotatable bonds is 3. The number of methoxy groups -OCH3 is 1. The van der Waals surface area contributed by atoms with E-state index in [-0.39, 0.29) is 5.56 Å². The lowest BCUT2D eigenvalue weighted by Gasteiger charge is -2.29. The van der Waals surface area contributed by atoms with Gasteiger partial charge in [0.1, 0.15) is 0 Å². The topological polar surface area (TPSA) is 52.3 Å². The lowest BCUT2D eigenvalue weighted by Crippen LogP contribution is -2.37. The van der Waals surface area contributed by atoms with Crippen molar-refractivity contribution >= 4 is 5.97 Å². The first-order valence-corrected chi connectivity index (χ1v) is 5.20. The Hall–Kier alpha value is -1.56. The van der Waals surface area contributed by atoms with Crippen LogP contribution in [0.25, 0.3) is 0 Å². The second-order valence-corrected chi connectivity index (χ2v) is 4.49. The Balaban J connectivity index is 3.19. The van der Waals surface area contributed by atoms with Gasteiger partial charge in [-0.3, -0.25) is 4.79 Å². The molecule has 0 aliphatic heterocycles. The quantitative estimate of drug-likeness (QED) is 0.671. The Bertz CT molecular complexity index is 451. The molecule has 0 bridgehead atoms. The number of ether oxygens (including phenoxy) is 1. The fraction of sp³-hybridized carbons (Fsp3) is 0.417. The maximum atomic E-state index is 13.1. The van der Waals surface area contributed by atoms with Crippen LogP contribution in [0.2, 0.25) is 0 Å². The summed E-state index contributed by atoms with van der Waals surface area (Å²) >= 11 is 0. The molecule has 0 aliphatic rings. The van der Waals surface area contributed by atoms with Crippen molar-refractivity contribution < 1.29 is 22.7 Å². The van der Waals surface area contributed by atoms with Crippen LogP contribution in [0.1, 0.15) is 25.5 Å². The zero-order valence-corrected chi connectivity index (χ0v) is 10.3. The molecular formula is C12H14F3NO2. The number of hydrogen-bond donors (Lipinski definition) is 1. The average molecular weight is 261 g/mol. The number of carbonyl (C=O) groups excluding carboxylic acids is 1. The first-order valence-electron chi connectivity index (χ1n) is 5.20. The van der Waals surface area contributed by atoms with E-state index in [0.717, 1.165) is 12.1 Å². The van der Waals surface area contributed by atoms with Crippen molar-refractivity contribution in [1.82, 2.24) is 0 Å². The highest BCUT2D eigenvalue weighted by atomic mass is 19.2. The van der Waals surface area contributed by atoms with E-state index in [9.17, 15) is 18.0 Å². The van der Waals surface area contributed by atoms with E-state index >= 15 is 0 Å². The first-order chi connectivity index (χ1) is 8.21. The van der Waals surface area contributed by atoms with Gasteiger partial charge in [0, 0.05) is 6.04 Å². The number of carbonyl (C=O) groups is 1. The lowest BCUT2D eigenvalue weighted by atomic mass is 9.81. The smallest absolute Gasteiger partial charge is 0.313 e. The van der Waals surface area contributed by atoms with Crippen LogP contribution in [0.3, 0.4) is 0 Å². The van der Waals surface area contributed by atoms with E-state index in [1.165, 1.54) is 21.0 Å².